The van der Waals surface area contributed by atoms with Gasteiger partial charge in [-0.2, -0.15) is 5.10 Å². The molecule has 0 bridgehead atoms. The number of aromatic nitrogens is 2. The second-order valence-corrected chi connectivity index (χ2v) is 5.03. The molecule has 0 saturated carbocycles. The summed E-state index contributed by atoms with van der Waals surface area (Å²) in [6, 6.07) is 8.37. The predicted molar refractivity (Wildman–Crippen MR) is 84.3 cm³/mol. The first-order valence-electron chi connectivity index (χ1n) is 6.80. The number of para-hydroxylation sites is 1. The number of benzene rings is 1. The molecule has 0 aliphatic rings. The van der Waals surface area contributed by atoms with Gasteiger partial charge in [0.05, 0.1) is 23.6 Å². The van der Waals surface area contributed by atoms with Crippen molar-refractivity contribution in [2.45, 2.75) is 13.3 Å². The zero-order chi connectivity index (χ0) is 14.1. The molecule has 3 rings (SSSR count). The Kier molecular flexibility index (Phi) is 3.14. The second kappa shape index (κ2) is 4.96. The van der Waals surface area contributed by atoms with Crippen molar-refractivity contribution >= 4 is 28.0 Å². The van der Waals surface area contributed by atoms with Crippen LogP contribution in [0.3, 0.4) is 0 Å². The smallest absolute Gasteiger partial charge is 0.0869 e. The second-order valence-electron chi connectivity index (χ2n) is 5.03. The summed E-state index contributed by atoms with van der Waals surface area (Å²) < 4.78 is 0. The van der Waals surface area contributed by atoms with Gasteiger partial charge >= 0.3 is 0 Å². The minimum atomic E-state index is 0.932. The highest BCUT2D eigenvalue weighted by Crippen LogP contribution is 2.29. The standard InChI is InChI=1S/C16H18N4/c1-4-11-14(10-18-20(2)3)17-9-15-16(11)12-7-5-6-8-13(12)19-15/h5-10,19H,4H2,1-3H3. The van der Waals surface area contributed by atoms with E-state index in [1.807, 2.05) is 32.6 Å². The van der Waals surface area contributed by atoms with Gasteiger partial charge in [-0.3, -0.25) is 4.98 Å². The normalized spacial score (nSPS) is 11.8. The molecule has 102 valence electrons. The minimum Gasteiger partial charge on any atom is -0.353 e. The number of hydrogen-bond acceptors (Lipinski definition) is 3. The molecule has 0 aliphatic heterocycles. The molecule has 3 aromatic rings. The third-order valence-electron chi connectivity index (χ3n) is 3.44. The average molecular weight is 266 g/mol. The van der Waals surface area contributed by atoms with Crippen molar-refractivity contribution in [1.82, 2.24) is 15.0 Å². The number of rotatable bonds is 3. The molecule has 0 aliphatic carbocycles. The van der Waals surface area contributed by atoms with Gasteiger partial charge in [-0.05, 0) is 18.1 Å². The van der Waals surface area contributed by atoms with Crippen LogP contribution in [-0.2, 0) is 6.42 Å². The van der Waals surface area contributed by atoms with Crippen molar-refractivity contribution in [1.29, 1.82) is 0 Å². The molecule has 0 saturated heterocycles. The summed E-state index contributed by atoms with van der Waals surface area (Å²) in [7, 11) is 3.82. The summed E-state index contributed by atoms with van der Waals surface area (Å²) in [5.41, 5.74) is 4.43. The van der Waals surface area contributed by atoms with Crippen LogP contribution in [0.5, 0.6) is 0 Å². The fourth-order valence-corrected chi connectivity index (χ4v) is 2.56. The number of hydrazone groups is 1. The Morgan fingerprint density at radius 3 is 2.80 bits per heavy atom. The SMILES string of the molecule is CCc1c(C=NN(C)C)ncc2[nH]c3ccccc3c12. The largest absolute Gasteiger partial charge is 0.353 e. The van der Waals surface area contributed by atoms with Crippen LogP contribution in [-0.4, -0.2) is 35.3 Å². The molecule has 4 nitrogen and oxygen atoms in total. The van der Waals surface area contributed by atoms with E-state index >= 15 is 0 Å². The first kappa shape index (κ1) is 12.7. The van der Waals surface area contributed by atoms with Crippen LogP contribution in [0.1, 0.15) is 18.2 Å². The first-order chi connectivity index (χ1) is 9.70. The van der Waals surface area contributed by atoms with Gasteiger partial charge in [0, 0.05) is 30.4 Å². The van der Waals surface area contributed by atoms with Crippen LogP contribution >= 0.6 is 0 Å². The van der Waals surface area contributed by atoms with Gasteiger partial charge in [-0.15, -0.1) is 0 Å². The van der Waals surface area contributed by atoms with Crippen molar-refractivity contribution in [2.75, 3.05) is 14.1 Å². The third-order valence-corrected chi connectivity index (χ3v) is 3.44. The molecule has 20 heavy (non-hydrogen) atoms. The lowest BCUT2D eigenvalue weighted by molar-refractivity contribution is 0.440. The topological polar surface area (TPSA) is 44.3 Å². The average Bonchev–Trinajstić information content (AvgIpc) is 2.83. The number of nitrogens with one attached hydrogen (secondary N) is 1. The van der Waals surface area contributed by atoms with E-state index in [2.05, 4.69) is 40.2 Å². The summed E-state index contributed by atoms with van der Waals surface area (Å²) in [5.74, 6) is 0. The summed E-state index contributed by atoms with van der Waals surface area (Å²) in [4.78, 5) is 7.97. The number of pyridine rings is 1. The molecule has 0 amide bonds. The fraction of sp³-hybridized carbons (Fsp3) is 0.250. The van der Waals surface area contributed by atoms with E-state index in [4.69, 9.17) is 0 Å². The zero-order valence-corrected chi connectivity index (χ0v) is 12.0. The van der Waals surface area contributed by atoms with Gasteiger partial charge in [0.25, 0.3) is 0 Å². The Morgan fingerprint density at radius 1 is 1.25 bits per heavy atom. The molecule has 1 N–H and O–H groups in total. The highest BCUT2D eigenvalue weighted by atomic mass is 15.4. The first-order valence-corrected chi connectivity index (χ1v) is 6.80. The summed E-state index contributed by atoms with van der Waals surface area (Å²) >= 11 is 0. The fourth-order valence-electron chi connectivity index (χ4n) is 2.56. The highest BCUT2D eigenvalue weighted by Gasteiger charge is 2.11. The molecule has 2 heterocycles. The van der Waals surface area contributed by atoms with Crippen LogP contribution in [0, 0.1) is 0 Å². The van der Waals surface area contributed by atoms with Gasteiger partial charge in [-0.25, -0.2) is 0 Å². The number of hydrogen-bond donors (Lipinski definition) is 1. The number of H-pyrrole nitrogens is 1. The van der Waals surface area contributed by atoms with E-state index in [1.165, 1.54) is 16.3 Å². The van der Waals surface area contributed by atoms with Crippen molar-refractivity contribution in [3.05, 3.63) is 41.7 Å². The van der Waals surface area contributed by atoms with Gasteiger partial charge in [0.2, 0.25) is 0 Å². The molecular weight excluding hydrogens is 248 g/mol. The Bertz CT molecular complexity index is 784. The summed E-state index contributed by atoms with van der Waals surface area (Å²) in [5, 5.41) is 8.60. The number of fused-ring (bicyclic) bond motifs is 3. The lowest BCUT2D eigenvalue weighted by Gasteiger charge is -2.07. The molecular formula is C16H18N4. The van der Waals surface area contributed by atoms with Gasteiger partial charge in [0.15, 0.2) is 0 Å². The van der Waals surface area contributed by atoms with E-state index in [-0.39, 0.29) is 0 Å². The van der Waals surface area contributed by atoms with Crippen molar-refractivity contribution < 1.29 is 0 Å². The monoisotopic (exact) mass is 266 g/mol. The highest BCUT2D eigenvalue weighted by molar-refractivity contribution is 6.10. The Hall–Kier alpha value is -2.36. The quantitative estimate of drug-likeness (QED) is 0.584. The van der Waals surface area contributed by atoms with Crippen molar-refractivity contribution in [3.8, 4) is 0 Å². The number of nitrogens with zero attached hydrogens (tertiary/aromatic N) is 3. The Morgan fingerprint density at radius 2 is 2.05 bits per heavy atom. The molecule has 4 heteroatoms. The molecule has 1 aromatic carbocycles. The predicted octanol–water partition coefficient (Wildman–Crippen LogP) is 3.17. The van der Waals surface area contributed by atoms with Crippen LogP contribution in [0.25, 0.3) is 21.8 Å². The summed E-state index contributed by atoms with van der Waals surface area (Å²) in [6.45, 7) is 2.16. The van der Waals surface area contributed by atoms with Gasteiger partial charge < -0.3 is 9.99 Å². The molecule has 0 spiro atoms. The van der Waals surface area contributed by atoms with E-state index in [0.29, 0.717) is 0 Å². The van der Waals surface area contributed by atoms with Crippen LogP contribution in [0.15, 0.2) is 35.6 Å². The maximum absolute atomic E-state index is 4.54. The van der Waals surface area contributed by atoms with Crippen LogP contribution in [0.4, 0.5) is 0 Å². The van der Waals surface area contributed by atoms with Gasteiger partial charge in [0.1, 0.15) is 0 Å². The lowest BCUT2D eigenvalue weighted by atomic mass is 10.0. The van der Waals surface area contributed by atoms with Crippen LogP contribution in [0.2, 0.25) is 0 Å². The summed E-state index contributed by atoms with van der Waals surface area (Å²) in [6.07, 6.45) is 4.66. The lowest BCUT2D eigenvalue weighted by Crippen LogP contribution is -2.04. The maximum atomic E-state index is 4.54. The van der Waals surface area contributed by atoms with Gasteiger partial charge in [-0.1, -0.05) is 25.1 Å². The van der Waals surface area contributed by atoms with E-state index in [0.717, 1.165) is 23.1 Å². The molecule has 0 atom stereocenters. The van der Waals surface area contributed by atoms with Crippen LogP contribution < -0.4 is 0 Å². The van der Waals surface area contributed by atoms with Crippen molar-refractivity contribution in [2.24, 2.45) is 5.10 Å². The molecule has 0 fully saturated rings. The maximum Gasteiger partial charge on any atom is 0.0869 e. The minimum absolute atomic E-state index is 0.932. The number of aryl methyl sites for hydroxylation is 1. The van der Waals surface area contributed by atoms with Crippen molar-refractivity contribution in [3.63, 3.8) is 0 Å². The van der Waals surface area contributed by atoms with E-state index in [9.17, 15) is 0 Å². The zero-order valence-electron chi connectivity index (χ0n) is 12.0. The Labute approximate surface area is 118 Å². The third kappa shape index (κ3) is 2.03. The molecule has 2 aromatic heterocycles. The Balaban J connectivity index is 2.31. The number of aromatic amines is 1. The van der Waals surface area contributed by atoms with E-state index < -0.39 is 0 Å². The van der Waals surface area contributed by atoms with E-state index in [1.54, 1.807) is 5.01 Å². The molecule has 0 radical (unpaired) electrons. The molecule has 0 unspecified atom stereocenters.